The topological polar surface area (TPSA) is 34.0 Å². The van der Waals surface area contributed by atoms with E-state index < -0.39 is 0 Å². The molecule has 24 heavy (non-hydrogen) atoms. The van der Waals surface area contributed by atoms with Gasteiger partial charge in [0.25, 0.3) is 5.91 Å². The number of carbonyl (C=O) groups is 1. The zero-order valence-electron chi connectivity index (χ0n) is 14.1. The maximum atomic E-state index is 13.0. The van der Waals surface area contributed by atoms with Crippen LogP contribution in [0.3, 0.4) is 0 Å². The number of thiophene rings is 1. The van der Waals surface area contributed by atoms with Crippen molar-refractivity contribution in [3.05, 3.63) is 58.6 Å². The summed E-state index contributed by atoms with van der Waals surface area (Å²) in [5.41, 5.74) is 4.58. The van der Waals surface area contributed by atoms with Gasteiger partial charge < -0.3 is 9.88 Å². The fourth-order valence-corrected chi connectivity index (χ4v) is 4.62. The standard InChI is InChI=1S/C20H22N2OS/c1-13(2)22-17-10-11-24-19(17)12-18(22)20(23)21-16-9-5-7-14-6-3-4-8-15(14)16/h3-4,6,8,10-13,16H,5,7,9H2,1-2H3,(H,21,23). The van der Waals surface area contributed by atoms with E-state index in [0.29, 0.717) is 0 Å². The van der Waals surface area contributed by atoms with E-state index in [-0.39, 0.29) is 18.0 Å². The number of aryl methyl sites for hydroxylation is 1. The SMILES string of the molecule is CC(C)n1c(C(=O)NC2CCCc3ccccc32)cc2sccc21. The van der Waals surface area contributed by atoms with Gasteiger partial charge in [0.05, 0.1) is 16.3 Å². The molecule has 1 amide bonds. The number of nitrogens with one attached hydrogen (secondary N) is 1. The van der Waals surface area contributed by atoms with Crippen molar-refractivity contribution in [3.8, 4) is 0 Å². The Kier molecular flexibility index (Phi) is 3.93. The van der Waals surface area contributed by atoms with Crippen LogP contribution in [0, 0.1) is 0 Å². The second-order valence-corrected chi connectivity index (χ2v) is 7.73. The average Bonchev–Trinajstić information content (AvgIpc) is 3.15. The molecule has 1 aliphatic rings. The highest BCUT2D eigenvalue weighted by Crippen LogP contribution is 2.31. The van der Waals surface area contributed by atoms with Crippen LogP contribution in [0.25, 0.3) is 10.2 Å². The molecule has 3 aromatic rings. The fraction of sp³-hybridized carbons (Fsp3) is 0.350. The van der Waals surface area contributed by atoms with Gasteiger partial charge in [-0.2, -0.15) is 0 Å². The first-order valence-corrected chi connectivity index (χ1v) is 9.50. The Bertz CT molecular complexity index is 890. The third kappa shape index (κ3) is 2.55. The van der Waals surface area contributed by atoms with E-state index in [1.54, 1.807) is 11.3 Å². The van der Waals surface area contributed by atoms with Crippen LogP contribution in [-0.4, -0.2) is 10.5 Å². The molecule has 1 aliphatic carbocycles. The zero-order valence-corrected chi connectivity index (χ0v) is 14.9. The first kappa shape index (κ1) is 15.5. The lowest BCUT2D eigenvalue weighted by Gasteiger charge is -2.26. The van der Waals surface area contributed by atoms with Gasteiger partial charge in [0.1, 0.15) is 5.69 Å². The van der Waals surface area contributed by atoms with Crippen LogP contribution in [0.1, 0.15) is 60.4 Å². The number of aromatic nitrogens is 1. The van der Waals surface area contributed by atoms with Crippen LogP contribution in [0.2, 0.25) is 0 Å². The number of fused-ring (bicyclic) bond motifs is 2. The van der Waals surface area contributed by atoms with Gasteiger partial charge in [0.2, 0.25) is 0 Å². The van der Waals surface area contributed by atoms with E-state index in [4.69, 9.17) is 0 Å². The van der Waals surface area contributed by atoms with Gasteiger partial charge in [-0.05, 0) is 61.7 Å². The van der Waals surface area contributed by atoms with E-state index in [0.717, 1.165) is 30.5 Å². The average molecular weight is 338 g/mol. The molecule has 2 heterocycles. The van der Waals surface area contributed by atoms with Gasteiger partial charge in [-0.1, -0.05) is 24.3 Å². The van der Waals surface area contributed by atoms with E-state index >= 15 is 0 Å². The van der Waals surface area contributed by atoms with E-state index in [1.165, 1.54) is 15.8 Å². The molecule has 0 fully saturated rings. The lowest BCUT2D eigenvalue weighted by molar-refractivity contribution is 0.0922. The molecule has 0 aliphatic heterocycles. The molecule has 1 aromatic carbocycles. The van der Waals surface area contributed by atoms with Crippen molar-refractivity contribution in [2.45, 2.75) is 45.2 Å². The van der Waals surface area contributed by atoms with Gasteiger partial charge >= 0.3 is 0 Å². The number of rotatable bonds is 3. The Morgan fingerprint density at radius 3 is 2.96 bits per heavy atom. The quantitative estimate of drug-likeness (QED) is 0.709. The number of hydrogen-bond donors (Lipinski definition) is 1. The number of amides is 1. The monoisotopic (exact) mass is 338 g/mol. The van der Waals surface area contributed by atoms with Crippen LogP contribution in [0.15, 0.2) is 41.8 Å². The van der Waals surface area contributed by atoms with E-state index in [1.807, 2.05) is 6.07 Å². The molecule has 124 valence electrons. The number of carbonyl (C=O) groups excluding carboxylic acids is 1. The minimum Gasteiger partial charge on any atom is -0.344 e. The van der Waals surface area contributed by atoms with Gasteiger partial charge in [-0.25, -0.2) is 0 Å². The van der Waals surface area contributed by atoms with Crippen molar-refractivity contribution in [3.63, 3.8) is 0 Å². The van der Waals surface area contributed by atoms with Crippen LogP contribution in [-0.2, 0) is 6.42 Å². The van der Waals surface area contributed by atoms with Crippen molar-refractivity contribution in [1.82, 2.24) is 9.88 Å². The first-order valence-electron chi connectivity index (χ1n) is 8.62. The minimum atomic E-state index is 0.0359. The molecule has 4 rings (SSSR count). The number of hydrogen-bond acceptors (Lipinski definition) is 2. The lowest BCUT2D eigenvalue weighted by atomic mass is 9.87. The molecule has 0 radical (unpaired) electrons. The Morgan fingerprint density at radius 2 is 2.12 bits per heavy atom. The number of nitrogens with zero attached hydrogens (tertiary/aromatic N) is 1. The predicted molar refractivity (Wildman–Crippen MR) is 99.8 cm³/mol. The van der Waals surface area contributed by atoms with Gasteiger partial charge in [0.15, 0.2) is 0 Å². The van der Waals surface area contributed by atoms with Crippen molar-refractivity contribution >= 4 is 27.5 Å². The van der Waals surface area contributed by atoms with Gasteiger partial charge in [0, 0.05) is 6.04 Å². The highest BCUT2D eigenvalue weighted by atomic mass is 32.1. The molecule has 1 unspecified atom stereocenters. The molecular formula is C20H22N2OS. The summed E-state index contributed by atoms with van der Waals surface area (Å²) in [5, 5.41) is 5.37. The summed E-state index contributed by atoms with van der Waals surface area (Å²) in [7, 11) is 0. The smallest absolute Gasteiger partial charge is 0.268 e. The zero-order chi connectivity index (χ0) is 16.7. The summed E-state index contributed by atoms with van der Waals surface area (Å²) in [6.45, 7) is 4.26. The molecule has 1 atom stereocenters. The summed E-state index contributed by atoms with van der Waals surface area (Å²) in [6, 6.07) is 13.0. The summed E-state index contributed by atoms with van der Waals surface area (Å²) >= 11 is 1.69. The maximum absolute atomic E-state index is 13.0. The van der Waals surface area contributed by atoms with Crippen LogP contribution >= 0.6 is 11.3 Å². The molecule has 3 nitrogen and oxygen atoms in total. The van der Waals surface area contributed by atoms with Crippen LogP contribution in [0.5, 0.6) is 0 Å². The normalized spacial score (nSPS) is 17.2. The lowest BCUT2D eigenvalue weighted by Crippen LogP contribution is -2.32. The van der Waals surface area contributed by atoms with Crippen molar-refractivity contribution in [2.24, 2.45) is 0 Å². The molecule has 1 N–H and O–H groups in total. The van der Waals surface area contributed by atoms with Gasteiger partial charge in [-0.3, -0.25) is 4.79 Å². The minimum absolute atomic E-state index is 0.0359. The highest BCUT2D eigenvalue weighted by molar-refractivity contribution is 7.17. The second-order valence-electron chi connectivity index (χ2n) is 6.78. The molecule has 2 aromatic heterocycles. The Balaban J connectivity index is 1.66. The highest BCUT2D eigenvalue weighted by Gasteiger charge is 2.24. The van der Waals surface area contributed by atoms with E-state index in [2.05, 4.69) is 59.4 Å². The molecule has 4 heteroatoms. The number of benzene rings is 1. The van der Waals surface area contributed by atoms with Crippen molar-refractivity contribution in [2.75, 3.05) is 0 Å². The Labute approximate surface area is 146 Å². The summed E-state index contributed by atoms with van der Waals surface area (Å²) in [4.78, 5) is 13.0. The van der Waals surface area contributed by atoms with Crippen LogP contribution in [0.4, 0.5) is 0 Å². The van der Waals surface area contributed by atoms with E-state index in [9.17, 15) is 4.79 Å². The largest absolute Gasteiger partial charge is 0.344 e. The van der Waals surface area contributed by atoms with Gasteiger partial charge in [-0.15, -0.1) is 11.3 Å². The van der Waals surface area contributed by atoms with Crippen LogP contribution < -0.4 is 5.32 Å². The second kappa shape index (κ2) is 6.10. The maximum Gasteiger partial charge on any atom is 0.268 e. The molecule has 0 spiro atoms. The molecular weight excluding hydrogens is 316 g/mol. The Morgan fingerprint density at radius 1 is 1.29 bits per heavy atom. The van der Waals surface area contributed by atoms with Crippen molar-refractivity contribution in [1.29, 1.82) is 0 Å². The summed E-state index contributed by atoms with van der Waals surface area (Å²) in [5.74, 6) is 0.0359. The van der Waals surface area contributed by atoms with Crippen molar-refractivity contribution < 1.29 is 4.79 Å². The predicted octanol–water partition coefficient (Wildman–Crippen LogP) is 5.09. The fourth-order valence-electron chi connectivity index (χ4n) is 3.81. The summed E-state index contributed by atoms with van der Waals surface area (Å²) in [6.07, 6.45) is 3.25. The third-order valence-corrected chi connectivity index (χ3v) is 5.74. The third-order valence-electron chi connectivity index (χ3n) is 4.88. The summed E-state index contributed by atoms with van der Waals surface area (Å²) < 4.78 is 3.33. The molecule has 0 saturated heterocycles. The Hall–Kier alpha value is -2.07. The molecule has 0 saturated carbocycles. The first-order chi connectivity index (χ1) is 11.6. The molecule has 0 bridgehead atoms.